The fourth-order valence-electron chi connectivity index (χ4n) is 3.20. The predicted molar refractivity (Wildman–Crippen MR) is 75.7 cm³/mol. The van der Waals surface area contributed by atoms with Crippen LogP contribution in [0, 0.1) is 0 Å². The highest BCUT2D eigenvalue weighted by Crippen LogP contribution is 2.28. The molecule has 0 bridgehead atoms. The van der Waals surface area contributed by atoms with Crippen LogP contribution < -0.4 is 0 Å². The van der Waals surface area contributed by atoms with Crippen molar-refractivity contribution in [2.45, 2.75) is 71.6 Å². The standard InChI is InChI=1S/C17H26/c1-3-8-14-12-13-15(9-4-2)17-11-7-5-6-10-16(14)17/h12-13H,3-11H2,1-2H3. The van der Waals surface area contributed by atoms with Crippen molar-refractivity contribution >= 4 is 0 Å². The lowest BCUT2D eigenvalue weighted by Gasteiger charge is -2.16. The topological polar surface area (TPSA) is 0 Å². The number of aryl methyl sites for hydroxylation is 2. The van der Waals surface area contributed by atoms with E-state index in [-0.39, 0.29) is 0 Å². The van der Waals surface area contributed by atoms with Gasteiger partial charge in [0.25, 0.3) is 0 Å². The average molecular weight is 230 g/mol. The molecule has 2 rings (SSSR count). The quantitative estimate of drug-likeness (QED) is 0.648. The lowest BCUT2D eigenvalue weighted by atomic mass is 9.89. The first-order valence-electron chi connectivity index (χ1n) is 7.49. The van der Waals surface area contributed by atoms with Crippen LogP contribution in [0.3, 0.4) is 0 Å². The Labute approximate surface area is 106 Å². The summed E-state index contributed by atoms with van der Waals surface area (Å²) < 4.78 is 0. The van der Waals surface area contributed by atoms with Crippen molar-refractivity contribution in [2.75, 3.05) is 0 Å². The zero-order valence-electron chi connectivity index (χ0n) is 11.5. The predicted octanol–water partition coefficient (Wildman–Crippen LogP) is 4.86. The Kier molecular flexibility index (Phi) is 4.65. The van der Waals surface area contributed by atoms with Gasteiger partial charge in [-0.1, -0.05) is 45.2 Å². The van der Waals surface area contributed by atoms with Crippen LogP contribution in [0.4, 0.5) is 0 Å². The van der Waals surface area contributed by atoms with Crippen molar-refractivity contribution in [1.29, 1.82) is 0 Å². The van der Waals surface area contributed by atoms with Gasteiger partial charge in [-0.3, -0.25) is 0 Å². The number of rotatable bonds is 4. The number of fused-ring (bicyclic) bond motifs is 1. The van der Waals surface area contributed by atoms with Gasteiger partial charge in [-0.15, -0.1) is 0 Å². The monoisotopic (exact) mass is 230 g/mol. The summed E-state index contributed by atoms with van der Waals surface area (Å²) in [5, 5.41) is 0. The lowest BCUT2D eigenvalue weighted by Crippen LogP contribution is -2.03. The lowest BCUT2D eigenvalue weighted by molar-refractivity contribution is 0.708. The van der Waals surface area contributed by atoms with E-state index in [0.29, 0.717) is 0 Å². The van der Waals surface area contributed by atoms with Gasteiger partial charge in [0.05, 0.1) is 0 Å². The van der Waals surface area contributed by atoms with Crippen LogP contribution in [0.1, 0.15) is 68.2 Å². The Balaban J connectivity index is 2.39. The number of hydrogen-bond acceptors (Lipinski definition) is 0. The van der Waals surface area contributed by atoms with Crippen LogP contribution >= 0.6 is 0 Å². The summed E-state index contributed by atoms with van der Waals surface area (Å²) in [7, 11) is 0. The maximum absolute atomic E-state index is 2.42. The normalized spacial score (nSPS) is 15.4. The van der Waals surface area contributed by atoms with Crippen molar-refractivity contribution in [3.8, 4) is 0 Å². The van der Waals surface area contributed by atoms with Gasteiger partial charge < -0.3 is 0 Å². The minimum atomic E-state index is 1.27. The Bertz CT molecular complexity index is 328. The third-order valence-electron chi connectivity index (χ3n) is 4.02. The van der Waals surface area contributed by atoms with Crippen LogP contribution in [0.15, 0.2) is 12.1 Å². The minimum absolute atomic E-state index is 1.27. The third kappa shape index (κ3) is 2.91. The Morgan fingerprint density at radius 3 is 1.65 bits per heavy atom. The second-order valence-electron chi connectivity index (χ2n) is 5.40. The SMILES string of the molecule is CCCc1ccc(CCC)c2c1CCCCC2. The van der Waals surface area contributed by atoms with Crippen molar-refractivity contribution < 1.29 is 0 Å². The minimum Gasteiger partial charge on any atom is -0.0651 e. The van der Waals surface area contributed by atoms with E-state index < -0.39 is 0 Å². The van der Waals surface area contributed by atoms with Gasteiger partial charge in [-0.05, 0) is 60.8 Å². The molecule has 0 atom stereocenters. The second kappa shape index (κ2) is 6.23. The molecule has 0 heteroatoms. The molecule has 0 heterocycles. The molecule has 0 spiro atoms. The van der Waals surface area contributed by atoms with Crippen LogP contribution in [-0.2, 0) is 25.7 Å². The van der Waals surface area contributed by atoms with Gasteiger partial charge in [0.2, 0.25) is 0 Å². The Morgan fingerprint density at radius 1 is 0.765 bits per heavy atom. The second-order valence-corrected chi connectivity index (χ2v) is 5.40. The summed E-state index contributed by atoms with van der Waals surface area (Å²) in [6.07, 6.45) is 12.0. The van der Waals surface area contributed by atoms with Gasteiger partial charge in [-0.2, -0.15) is 0 Å². The van der Waals surface area contributed by atoms with E-state index in [2.05, 4.69) is 26.0 Å². The first kappa shape index (κ1) is 12.7. The molecular formula is C17H26. The molecule has 0 aliphatic heterocycles. The molecule has 0 amide bonds. The highest BCUT2D eigenvalue weighted by Gasteiger charge is 2.14. The van der Waals surface area contributed by atoms with E-state index in [0.717, 1.165) is 0 Å². The van der Waals surface area contributed by atoms with E-state index in [1.165, 1.54) is 57.8 Å². The molecule has 1 aliphatic carbocycles. The van der Waals surface area contributed by atoms with E-state index in [4.69, 9.17) is 0 Å². The maximum atomic E-state index is 2.42. The van der Waals surface area contributed by atoms with Crippen molar-refractivity contribution in [1.82, 2.24) is 0 Å². The first-order valence-corrected chi connectivity index (χ1v) is 7.49. The molecule has 94 valence electrons. The average Bonchev–Trinajstić information content (AvgIpc) is 2.58. The molecule has 0 aromatic heterocycles. The summed E-state index contributed by atoms with van der Waals surface area (Å²) in [6, 6.07) is 4.83. The van der Waals surface area contributed by atoms with E-state index in [9.17, 15) is 0 Å². The molecule has 1 aliphatic rings. The molecule has 1 aromatic carbocycles. The van der Waals surface area contributed by atoms with Crippen molar-refractivity contribution in [2.24, 2.45) is 0 Å². The maximum Gasteiger partial charge on any atom is -0.0273 e. The Hall–Kier alpha value is -0.780. The van der Waals surface area contributed by atoms with Gasteiger partial charge in [0, 0.05) is 0 Å². The molecule has 0 unspecified atom stereocenters. The summed E-state index contributed by atoms with van der Waals surface area (Å²) in [6.45, 7) is 4.59. The number of benzene rings is 1. The van der Waals surface area contributed by atoms with E-state index >= 15 is 0 Å². The Morgan fingerprint density at radius 2 is 1.24 bits per heavy atom. The molecular weight excluding hydrogens is 204 g/mol. The third-order valence-corrected chi connectivity index (χ3v) is 4.02. The number of hydrogen-bond donors (Lipinski definition) is 0. The highest BCUT2D eigenvalue weighted by molar-refractivity contribution is 5.42. The van der Waals surface area contributed by atoms with Crippen LogP contribution in [0.25, 0.3) is 0 Å². The fraction of sp³-hybridized carbons (Fsp3) is 0.647. The molecule has 0 fully saturated rings. The summed E-state index contributed by atoms with van der Waals surface area (Å²) in [4.78, 5) is 0. The molecule has 0 radical (unpaired) electrons. The smallest absolute Gasteiger partial charge is 0.0273 e. The van der Waals surface area contributed by atoms with Crippen LogP contribution in [-0.4, -0.2) is 0 Å². The summed E-state index contributed by atoms with van der Waals surface area (Å²) >= 11 is 0. The zero-order valence-corrected chi connectivity index (χ0v) is 11.5. The van der Waals surface area contributed by atoms with Gasteiger partial charge >= 0.3 is 0 Å². The van der Waals surface area contributed by atoms with Gasteiger partial charge in [0.15, 0.2) is 0 Å². The van der Waals surface area contributed by atoms with Gasteiger partial charge in [0.1, 0.15) is 0 Å². The molecule has 1 aromatic rings. The molecule has 17 heavy (non-hydrogen) atoms. The molecule has 0 saturated heterocycles. The molecule has 0 nitrogen and oxygen atoms in total. The fourth-order valence-corrected chi connectivity index (χ4v) is 3.20. The van der Waals surface area contributed by atoms with Crippen molar-refractivity contribution in [3.05, 3.63) is 34.4 Å². The summed E-state index contributed by atoms with van der Waals surface area (Å²) in [5.41, 5.74) is 6.75. The molecule has 0 saturated carbocycles. The van der Waals surface area contributed by atoms with Gasteiger partial charge in [-0.25, -0.2) is 0 Å². The zero-order chi connectivity index (χ0) is 12.1. The van der Waals surface area contributed by atoms with E-state index in [1.807, 2.05) is 0 Å². The van der Waals surface area contributed by atoms with Crippen LogP contribution in [0.5, 0.6) is 0 Å². The summed E-state index contributed by atoms with van der Waals surface area (Å²) in [5.74, 6) is 0. The van der Waals surface area contributed by atoms with Crippen LogP contribution in [0.2, 0.25) is 0 Å². The van der Waals surface area contributed by atoms with E-state index in [1.54, 1.807) is 22.3 Å². The largest absolute Gasteiger partial charge is 0.0651 e. The molecule has 0 N–H and O–H groups in total. The van der Waals surface area contributed by atoms with Crippen molar-refractivity contribution in [3.63, 3.8) is 0 Å². The first-order chi connectivity index (χ1) is 8.36. The highest BCUT2D eigenvalue weighted by atomic mass is 14.2.